The van der Waals surface area contributed by atoms with Gasteiger partial charge in [-0.1, -0.05) is 0 Å². The summed E-state index contributed by atoms with van der Waals surface area (Å²) in [6.07, 6.45) is 1.60. The van der Waals surface area contributed by atoms with E-state index in [-0.39, 0.29) is 6.61 Å². The molecule has 90 valence electrons. The van der Waals surface area contributed by atoms with Crippen molar-refractivity contribution < 1.29 is 14.6 Å². The molecule has 0 amide bonds. The fourth-order valence-corrected chi connectivity index (χ4v) is 2.14. The van der Waals surface area contributed by atoms with E-state index in [2.05, 4.69) is 15.9 Å². The summed E-state index contributed by atoms with van der Waals surface area (Å²) in [6, 6.07) is 4.00. The number of hydrogen-bond acceptors (Lipinski definition) is 3. The average Bonchev–Trinajstić information content (AvgIpc) is 2.29. The molecule has 0 spiro atoms. The minimum Gasteiger partial charge on any atom is -0.496 e. The Morgan fingerprint density at radius 3 is 2.56 bits per heavy atom. The summed E-state index contributed by atoms with van der Waals surface area (Å²) in [5, 5.41) is 8.85. The molecule has 4 heteroatoms. The van der Waals surface area contributed by atoms with Crippen LogP contribution in [0.25, 0.3) is 0 Å². The van der Waals surface area contributed by atoms with Gasteiger partial charge in [-0.25, -0.2) is 0 Å². The van der Waals surface area contributed by atoms with E-state index in [0.717, 1.165) is 28.6 Å². The van der Waals surface area contributed by atoms with Crippen LogP contribution in [-0.2, 0) is 17.8 Å². The summed E-state index contributed by atoms with van der Waals surface area (Å²) >= 11 is 3.46. The molecular weight excluding hydrogens is 272 g/mol. The maximum absolute atomic E-state index is 8.85. The van der Waals surface area contributed by atoms with E-state index < -0.39 is 0 Å². The third kappa shape index (κ3) is 3.47. The fraction of sp³-hybridized carbons (Fsp3) is 0.500. The molecule has 0 aliphatic heterocycles. The number of hydrogen-bond donors (Lipinski definition) is 1. The lowest BCUT2D eigenvalue weighted by Gasteiger charge is -2.12. The van der Waals surface area contributed by atoms with Gasteiger partial charge >= 0.3 is 0 Å². The number of benzene rings is 1. The van der Waals surface area contributed by atoms with Gasteiger partial charge in [0.15, 0.2) is 0 Å². The van der Waals surface area contributed by atoms with E-state index in [4.69, 9.17) is 14.6 Å². The Labute approximate surface area is 105 Å². The lowest BCUT2D eigenvalue weighted by Crippen LogP contribution is -1.99. The van der Waals surface area contributed by atoms with E-state index >= 15 is 0 Å². The lowest BCUT2D eigenvalue weighted by molar-refractivity contribution is 0.183. The Morgan fingerprint density at radius 2 is 2.00 bits per heavy atom. The van der Waals surface area contributed by atoms with Crippen LogP contribution in [0.4, 0.5) is 0 Å². The number of ether oxygens (including phenoxy) is 2. The first-order chi connectivity index (χ1) is 7.72. The van der Waals surface area contributed by atoms with Crippen molar-refractivity contribution in [2.45, 2.75) is 19.4 Å². The maximum atomic E-state index is 8.85. The first-order valence-corrected chi connectivity index (χ1v) is 5.97. The van der Waals surface area contributed by atoms with Gasteiger partial charge in [0.25, 0.3) is 0 Å². The van der Waals surface area contributed by atoms with Crippen molar-refractivity contribution in [2.24, 2.45) is 0 Å². The molecule has 1 rings (SSSR count). The van der Waals surface area contributed by atoms with E-state index in [0.29, 0.717) is 6.61 Å². The number of halogens is 1. The van der Waals surface area contributed by atoms with Crippen LogP contribution in [0.1, 0.15) is 17.5 Å². The van der Waals surface area contributed by atoms with Crippen LogP contribution in [0.15, 0.2) is 16.6 Å². The molecule has 0 saturated carbocycles. The van der Waals surface area contributed by atoms with Gasteiger partial charge in [-0.2, -0.15) is 0 Å². The highest BCUT2D eigenvalue weighted by atomic mass is 79.9. The summed E-state index contributed by atoms with van der Waals surface area (Å²) in [6.45, 7) is 0.764. The predicted molar refractivity (Wildman–Crippen MR) is 66.8 cm³/mol. The first-order valence-electron chi connectivity index (χ1n) is 5.18. The second-order valence-corrected chi connectivity index (χ2v) is 4.37. The molecule has 0 unspecified atom stereocenters. The van der Waals surface area contributed by atoms with Gasteiger partial charge in [-0.05, 0) is 52.0 Å². The van der Waals surface area contributed by atoms with E-state index in [1.807, 2.05) is 12.1 Å². The molecule has 0 aromatic heterocycles. The quantitative estimate of drug-likeness (QED) is 0.874. The number of aliphatic hydroxyl groups excluding tert-OH is 1. The summed E-state index contributed by atoms with van der Waals surface area (Å²) < 4.78 is 11.3. The summed E-state index contributed by atoms with van der Waals surface area (Å²) in [7, 11) is 3.31. The van der Waals surface area contributed by atoms with Gasteiger partial charge in [0.2, 0.25) is 0 Å². The SMILES string of the molecule is COCc1cc(OC)c(Br)cc1CCCO. The fourth-order valence-electron chi connectivity index (χ4n) is 1.59. The zero-order chi connectivity index (χ0) is 12.0. The minimum absolute atomic E-state index is 0.204. The molecular formula is C12H17BrO3. The Bertz CT molecular complexity index is 339. The first kappa shape index (κ1) is 13.5. The third-order valence-electron chi connectivity index (χ3n) is 2.38. The smallest absolute Gasteiger partial charge is 0.133 e. The lowest BCUT2D eigenvalue weighted by atomic mass is 10.0. The van der Waals surface area contributed by atoms with Crippen LogP contribution in [0, 0.1) is 0 Å². The molecule has 0 atom stereocenters. The standard InChI is InChI=1S/C12H17BrO3/c1-15-8-10-7-12(16-2)11(13)6-9(10)4-3-5-14/h6-7,14H,3-5,8H2,1-2H3. The number of aliphatic hydroxyl groups is 1. The third-order valence-corrected chi connectivity index (χ3v) is 3.00. The molecule has 1 N–H and O–H groups in total. The van der Waals surface area contributed by atoms with Gasteiger partial charge in [-0.15, -0.1) is 0 Å². The van der Waals surface area contributed by atoms with E-state index in [1.165, 1.54) is 5.56 Å². The van der Waals surface area contributed by atoms with Gasteiger partial charge in [0.1, 0.15) is 5.75 Å². The highest BCUT2D eigenvalue weighted by Gasteiger charge is 2.08. The van der Waals surface area contributed by atoms with E-state index in [1.54, 1.807) is 14.2 Å². The summed E-state index contributed by atoms with van der Waals surface area (Å²) in [4.78, 5) is 0. The summed E-state index contributed by atoms with van der Waals surface area (Å²) in [5.41, 5.74) is 2.29. The van der Waals surface area contributed by atoms with Crippen molar-refractivity contribution in [3.05, 3.63) is 27.7 Å². The highest BCUT2D eigenvalue weighted by Crippen LogP contribution is 2.29. The second-order valence-electron chi connectivity index (χ2n) is 3.52. The molecule has 1 aromatic rings. The van der Waals surface area contributed by atoms with Gasteiger partial charge in [0.05, 0.1) is 18.2 Å². The predicted octanol–water partition coefficient (Wildman–Crippen LogP) is 2.53. The zero-order valence-electron chi connectivity index (χ0n) is 9.62. The van der Waals surface area contributed by atoms with Crippen LogP contribution in [-0.4, -0.2) is 25.9 Å². The second kappa shape index (κ2) is 6.89. The molecule has 0 aliphatic rings. The zero-order valence-corrected chi connectivity index (χ0v) is 11.2. The van der Waals surface area contributed by atoms with Crippen LogP contribution in [0.5, 0.6) is 5.75 Å². The minimum atomic E-state index is 0.204. The Kier molecular flexibility index (Phi) is 5.80. The van der Waals surface area contributed by atoms with Gasteiger partial charge < -0.3 is 14.6 Å². The highest BCUT2D eigenvalue weighted by molar-refractivity contribution is 9.10. The van der Waals surface area contributed by atoms with Crippen LogP contribution < -0.4 is 4.74 Å². The molecule has 0 heterocycles. The largest absolute Gasteiger partial charge is 0.496 e. The normalized spacial score (nSPS) is 10.5. The Balaban J connectivity index is 2.98. The van der Waals surface area contributed by atoms with E-state index in [9.17, 15) is 0 Å². The summed E-state index contributed by atoms with van der Waals surface area (Å²) in [5.74, 6) is 0.805. The van der Waals surface area contributed by atoms with Crippen LogP contribution in [0.3, 0.4) is 0 Å². The van der Waals surface area contributed by atoms with Crippen molar-refractivity contribution in [3.8, 4) is 5.75 Å². The molecule has 0 bridgehead atoms. The average molecular weight is 289 g/mol. The molecule has 0 radical (unpaired) electrons. The van der Waals surface area contributed by atoms with Crippen molar-refractivity contribution in [3.63, 3.8) is 0 Å². The Morgan fingerprint density at radius 1 is 1.25 bits per heavy atom. The number of methoxy groups -OCH3 is 2. The molecule has 16 heavy (non-hydrogen) atoms. The van der Waals surface area contributed by atoms with Crippen molar-refractivity contribution in [2.75, 3.05) is 20.8 Å². The molecule has 1 aromatic carbocycles. The maximum Gasteiger partial charge on any atom is 0.133 e. The molecule has 0 saturated heterocycles. The number of aryl methyl sites for hydroxylation is 1. The van der Waals surface area contributed by atoms with Crippen molar-refractivity contribution in [1.29, 1.82) is 0 Å². The topological polar surface area (TPSA) is 38.7 Å². The van der Waals surface area contributed by atoms with Crippen LogP contribution >= 0.6 is 15.9 Å². The Hall–Kier alpha value is -0.580. The monoisotopic (exact) mass is 288 g/mol. The molecule has 3 nitrogen and oxygen atoms in total. The van der Waals surface area contributed by atoms with Crippen molar-refractivity contribution in [1.82, 2.24) is 0 Å². The number of rotatable bonds is 6. The molecule has 0 aliphatic carbocycles. The molecule has 0 fully saturated rings. The van der Waals surface area contributed by atoms with Gasteiger partial charge in [-0.3, -0.25) is 0 Å². The van der Waals surface area contributed by atoms with Gasteiger partial charge in [0, 0.05) is 13.7 Å². The van der Waals surface area contributed by atoms with Crippen molar-refractivity contribution >= 4 is 15.9 Å². The van der Waals surface area contributed by atoms with Crippen LogP contribution in [0.2, 0.25) is 0 Å².